The van der Waals surface area contributed by atoms with Crippen LogP contribution in [0, 0.1) is 4.77 Å². The molecule has 6 nitrogen and oxygen atoms in total. The average molecular weight is 473 g/mol. The SMILES string of the molecule is COc1ccc(-c2n[nH]c(=S)n2CCC(=O)NCCC(c2ccccc2)c2ccccc2)cc1. The van der Waals surface area contributed by atoms with Gasteiger partial charge in [0.05, 0.1) is 7.11 Å². The van der Waals surface area contributed by atoms with E-state index in [4.69, 9.17) is 17.0 Å². The van der Waals surface area contributed by atoms with Crippen LogP contribution < -0.4 is 10.1 Å². The van der Waals surface area contributed by atoms with E-state index in [1.54, 1.807) is 7.11 Å². The molecule has 34 heavy (non-hydrogen) atoms. The van der Waals surface area contributed by atoms with Gasteiger partial charge in [-0.05, 0) is 54.0 Å². The summed E-state index contributed by atoms with van der Waals surface area (Å²) in [5.74, 6) is 1.69. The first-order valence-corrected chi connectivity index (χ1v) is 11.7. The molecule has 4 rings (SSSR count). The van der Waals surface area contributed by atoms with E-state index in [1.807, 2.05) is 41.0 Å². The number of ether oxygens (including phenoxy) is 1. The van der Waals surface area contributed by atoms with Crippen molar-refractivity contribution in [1.82, 2.24) is 20.1 Å². The van der Waals surface area contributed by atoms with Crippen molar-refractivity contribution in [3.05, 3.63) is 101 Å². The third kappa shape index (κ3) is 5.80. The molecular weight excluding hydrogens is 444 g/mol. The van der Waals surface area contributed by atoms with E-state index in [0.717, 1.165) is 17.7 Å². The monoisotopic (exact) mass is 472 g/mol. The van der Waals surface area contributed by atoms with E-state index in [-0.39, 0.29) is 11.8 Å². The lowest BCUT2D eigenvalue weighted by atomic mass is 9.88. The number of benzene rings is 3. The molecule has 3 aromatic carbocycles. The second kappa shape index (κ2) is 11.4. The Morgan fingerprint density at radius 2 is 1.62 bits per heavy atom. The maximum Gasteiger partial charge on any atom is 0.221 e. The zero-order valence-corrected chi connectivity index (χ0v) is 19.9. The minimum Gasteiger partial charge on any atom is -0.497 e. The van der Waals surface area contributed by atoms with Crippen molar-refractivity contribution in [2.24, 2.45) is 0 Å². The highest BCUT2D eigenvalue weighted by atomic mass is 32.1. The van der Waals surface area contributed by atoms with Gasteiger partial charge in [0.1, 0.15) is 5.75 Å². The van der Waals surface area contributed by atoms with Gasteiger partial charge in [-0.25, -0.2) is 0 Å². The van der Waals surface area contributed by atoms with Crippen LogP contribution in [0.2, 0.25) is 0 Å². The summed E-state index contributed by atoms with van der Waals surface area (Å²) < 4.78 is 7.57. The van der Waals surface area contributed by atoms with E-state index < -0.39 is 0 Å². The van der Waals surface area contributed by atoms with Gasteiger partial charge in [-0.15, -0.1) is 0 Å². The highest BCUT2D eigenvalue weighted by Crippen LogP contribution is 2.27. The summed E-state index contributed by atoms with van der Waals surface area (Å²) in [7, 11) is 1.63. The largest absolute Gasteiger partial charge is 0.497 e. The lowest BCUT2D eigenvalue weighted by Gasteiger charge is -2.18. The normalized spacial score (nSPS) is 10.9. The smallest absolute Gasteiger partial charge is 0.221 e. The zero-order valence-electron chi connectivity index (χ0n) is 19.1. The van der Waals surface area contributed by atoms with E-state index in [9.17, 15) is 4.79 Å². The molecule has 1 heterocycles. The molecular formula is C27H28N4O2S. The minimum absolute atomic E-state index is 0.0105. The number of rotatable bonds is 10. The maximum atomic E-state index is 12.6. The second-order valence-electron chi connectivity index (χ2n) is 8.00. The predicted molar refractivity (Wildman–Crippen MR) is 136 cm³/mol. The van der Waals surface area contributed by atoms with Gasteiger partial charge >= 0.3 is 0 Å². The fourth-order valence-corrected chi connectivity index (χ4v) is 4.26. The van der Waals surface area contributed by atoms with Crippen molar-refractivity contribution in [3.63, 3.8) is 0 Å². The van der Waals surface area contributed by atoms with Gasteiger partial charge in [-0.2, -0.15) is 5.10 Å². The molecule has 1 amide bonds. The minimum atomic E-state index is -0.0105. The molecule has 0 radical (unpaired) electrons. The number of methoxy groups -OCH3 is 1. The van der Waals surface area contributed by atoms with Crippen LogP contribution in [0.4, 0.5) is 0 Å². The number of aromatic amines is 1. The molecule has 0 aliphatic rings. The lowest BCUT2D eigenvalue weighted by molar-refractivity contribution is -0.121. The number of aromatic nitrogens is 3. The Morgan fingerprint density at radius 3 is 2.21 bits per heavy atom. The Bertz CT molecular complexity index is 1210. The number of nitrogens with zero attached hydrogens (tertiary/aromatic N) is 2. The third-order valence-corrected chi connectivity index (χ3v) is 6.14. The predicted octanol–water partition coefficient (Wildman–Crippen LogP) is 5.34. The molecule has 7 heteroatoms. The third-order valence-electron chi connectivity index (χ3n) is 5.83. The van der Waals surface area contributed by atoms with Crippen molar-refractivity contribution in [3.8, 4) is 17.1 Å². The molecule has 0 saturated heterocycles. The van der Waals surface area contributed by atoms with Gasteiger partial charge < -0.3 is 10.1 Å². The molecule has 4 aromatic rings. The van der Waals surface area contributed by atoms with Crippen LogP contribution in [0.1, 0.15) is 29.9 Å². The molecule has 1 aromatic heterocycles. The fraction of sp³-hybridized carbons (Fsp3) is 0.222. The molecule has 0 unspecified atom stereocenters. The average Bonchev–Trinajstić information content (AvgIpc) is 3.26. The topological polar surface area (TPSA) is 71.9 Å². The van der Waals surface area contributed by atoms with E-state index in [0.29, 0.717) is 30.1 Å². The highest BCUT2D eigenvalue weighted by Gasteiger charge is 2.15. The Kier molecular flexibility index (Phi) is 7.88. The van der Waals surface area contributed by atoms with Crippen LogP contribution in [-0.4, -0.2) is 34.3 Å². The van der Waals surface area contributed by atoms with Gasteiger partial charge in [0.25, 0.3) is 0 Å². The number of carbonyl (C=O) groups is 1. The Hall–Kier alpha value is -3.71. The van der Waals surface area contributed by atoms with Crippen LogP contribution in [0.25, 0.3) is 11.4 Å². The fourth-order valence-electron chi connectivity index (χ4n) is 4.04. The molecule has 0 fully saturated rings. The van der Waals surface area contributed by atoms with Crippen molar-refractivity contribution in [2.75, 3.05) is 13.7 Å². The molecule has 0 spiro atoms. The van der Waals surface area contributed by atoms with Crippen LogP contribution in [0.3, 0.4) is 0 Å². The molecule has 0 atom stereocenters. The van der Waals surface area contributed by atoms with Gasteiger partial charge in [0.15, 0.2) is 10.6 Å². The van der Waals surface area contributed by atoms with E-state index in [2.05, 4.69) is 64.0 Å². The summed E-state index contributed by atoms with van der Waals surface area (Å²) in [5, 5.41) is 10.3. The number of nitrogens with one attached hydrogen (secondary N) is 2. The molecule has 0 aliphatic heterocycles. The first-order chi connectivity index (χ1) is 16.7. The Balaban J connectivity index is 1.36. The van der Waals surface area contributed by atoms with Crippen molar-refractivity contribution in [2.45, 2.75) is 25.3 Å². The summed E-state index contributed by atoms with van der Waals surface area (Å²) in [6.45, 7) is 1.04. The second-order valence-corrected chi connectivity index (χ2v) is 8.38. The number of carbonyl (C=O) groups excluding carboxylic acids is 1. The first kappa shape index (κ1) is 23.4. The maximum absolute atomic E-state index is 12.6. The first-order valence-electron chi connectivity index (χ1n) is 11.3. The van der Waals surface area contributed by atoms with Gasteiger partial charge in [-0.1, -0.05) is 60.7 Å². The number of amides is 1. The number of hydrogen-bond donors (Lipinski definition) is 2. The number of hydrogen-bond acceptors (Lipinski definition) is 4. The summed E-state index contributed by atoms with van der Waals surface area (Å²) in [5.41, 5.74) is 3.40. The molecule has 2 N–H and O–H groups in total. The molecule has 0 saturated carbocycles. The Labute approximate surface area is 204 Å². The van der Waals surface area contributed by atoms with Crippen LogP contribution >= 0.6 is 12.2 Å². The van der Waals surface area contributed by atoms with Gasteiger partial charge in [0.2, 0.25) is 5.91 Å². The van der Waals surface area contributed by atoms with Crippen LogP contribution in [0.15, 0.2) is 84.9 Å². The van der Waals surface area contributed by atoms with E-state index >= 15 is 0 Å². The molecule has 0 aliphatic carbocycles. The van der Waals surface area contributed by atoms with Crippen molar-refractivity contribution < 1.29 is 9.53 Å². The standard InChI is InChI=1S/C27H28N4O2S/c1-33-23-14-12-22(13-15-23)26-29-30-27(34)31(26)19-17-25(32)28-18-16-24(20-8-4-2-5-9-20)21-10-6-3-7-11-21/h2-15,24H,16-19H2,1H3,(H,28,32)(H,30,34). The summed E-state index contributed by atoms with van der Waals surface area (Å²) in [6, 6.07) is 28.4. The van der Waals surface area contributed by atoms with E-state index in [1.165, 1.54) is 11.1 Å². The zero-order chi connectivity index (χ0) is 23.8. The van der Waals surface area contributed by atoms with Crippen molar-refractivity contribution >= 4 is 18.1 Å². The summed E-state index contributed by atoms with van der Waals surface area (Å²) >= 11 is 5.39. The summed E-state index contributed by atoms with van der Waals surface area (Å²) in [4.78, 5) is 12.6. The quantitative estimate of drug-likeness (QED) is 0.306. The molecule has 0 bridgehead atoms. The Morgan fingerprint density at radius 1 is 1.00 bits per heavy atom. The van der Waals surface area contributed by atoms with Gasteiger partial charge in [-0.3, -0.25) is 14.5 Å². The van der Waals surface area contributed by atoms with Crippen molar-refractivity contribution in [1.29, 1.82) is 0 Å². The number of H-pyrrole nitrogens is 1. The van der Waals surface area contributed by atoms with Crippen LogP contribution in [0.5, 0.6) is 5.75 Å². The molecule has 174 valence electrons. The van der Waals surface area contributed by atoms with Crippen LogP contribution in [-0.2, 0) is 11.3 Å². The highest BCUT2D eigenvalue weighted by molar-refractivity contribution is 7.71. The lowest BCUT2D eigenvalue weighted by Crippen LogP contribution is -2.26. The van der Waals surface area contributed by atoms with Gasteiger partial charge in [0, 0.05) is 31.0 Å². The summed E-state index contributed by atoms with van der Waals surface area (Å²) in [6.07, 6.45) is 1.14.